The smallest absolute Gasteiger partial charge is 0.304 e. The monoisotopic (exact) mass is 255 g/mol. The molecule has 1 aliphatic carbocycles. The van der Waals surface area contributed by atoms with E-state index >= 15 is 0 Å². The van der Waals surface area contributed by atoms with Crippen LogP contribution in [0.5, 0.6) is 0 Å². The van der Waals surface area contributed by atoms with Crippen LogP contribution in [-0.4, -0.2) is 15.0 Å². The number of hydrogen-bond acceptors (Lipinski definition) is 3. The SMILES string of the molecule is O=c1[nH]c(=O)c2c(C3CC3)nc(Cl)c(F)c2[nH]1. The Morgan fingerprint density at radius 1 is 1.29 bits per heavy atom. The van der Waals surface area contributed by atoms with E-state index in [0.717, 1.165) is 12.8 Å². The van der Waals surface area contributed by atoms with Crippen LogP contribution in [0, 0.1) is 5.82 Å². The maximum absolute atomic E-state index is 13.7. The Kier molecular flexibility index (Phi) is 2.09. The lowest BCUT2D eigenvalue weighted by Crippen LogP contribution is -2.24. The third-order valence-corrected chi connectivity index (χ3v) is 3.03. The zero-order valence-corrected chi connectivity index (χ0v) is 9.27. The molecule has 2 heterocycles. The van der Waals surface area contributed by atoms with Gasteiger partial charge in [-0.05, 0) is 12.8 Å². The number of aromatic nitrogens is 3. The summed E-state index contributed by atoms with van der Waals surface area (Å²) in [5, 5.41) is -0.227. The van der Waals surface area contributed by atoms with Crippen molar-refractivity contribution in [2.24, 2.45) is 0 Å². The van der Waals surface area contributed by atoms with Gasteiger partial charge in [0.15, 0.2) is 11.0 Å². The van der Waals surface area contributed by atoms with E-state index in [1.807, 2.05) is 0 Å². The van der Waals surface area contributed by atoms with E-state index in [2.05, 4.69) is 15.0 Å². The molecule has 17 heavy (non-hydrogen) atoms. The Morgan fingerprint density at radius 3 is 2.65 bits per heavy atom. The maximum Gasteiger partial charge on any atom is 0.326 e. The van der Waals surface area contributed by atoms with Crippen LogP contribution in [0.2, 0.25) is 5.15 Å². The predicted octanol–water partition coefficient (Wildman–Crippen LogP) is 1.28. The molecule has 1 aliphatic rings. The molecule has 0 spiro atoms. The minimum absolute atomic E-state index is 0.0917. The van der Waals surface area contributed by atoms with Crippen molar-refractivity contribution in [2.75, 3.05) is 0 Å². The number of aromatic amines is 2. The molecule has 88 valence electrons. The van der Waals surface area contributed by atoms with Crippen molar-refractivity contribution in [1.82, 2.24) is 15.0 Å². The van der Waals surface area contributed by atoms with Crippen molar-refractivity contribution in [3.8, 4) is 0 Å². The van der Waals surface area contributed by atoms with Crippen molar-refractivity contribution in [2.45, 2.75) is 18.8 Å². The highest BCUT2D eigenvalue weighted by Gasteiger charge is 2.30. The Morgan fingerprint density at radius 2 is 2.00 bits per heavy atom. The number of hydrogen-bond donors (Lipinski definition) is 2. The predicted molar refractivity (Wildman–Crippen MR) is 59.9 cm³/mol. The second-order valence-corrected chi connectivity index (χ2v) is 4.39. The van der Waals surface area contributed by atoms with Crippen molar-refractivity contribution in [3.05, 3.63) is 37.5 Å². The number of nitrogens with one attached hydrogen (secondary N) is 2. The van der Waals surface area contributed by atoms with Gasteiger partial charge in [-0.1, -0.05) is 11.6 Å². The van der Waals surface area contributed by atoms with Crippen LogP contribution in [0.25, 0.3) is 10.9 Å². The third-order valence-electron chi connectivity index (χ3n) is 2.78. The molecule has 0 atom stereocenters. The van der Waals surface area contributed by atoms with Gasteiger partial charge in [-0.3, -0.25) is 9.78 Å². The summed E-state index contributed by atoms with van der Waals surface area (Å²) >= 11 is 5.65. The first-order valence-corrected chi connectivity index (χ1v) is 5.47. The lowest BCUT2D eigenvalue weighted by molar-refractivity contribution is 0.628. The summed E-state index contributed by atoms with van der Waals surface area (Å²) in [4.78, 5) is 31.0. The molecule has 0 aromatic carbocycles. The van der Waals surface area contributed by atoms with Gasteiger partial charge in [-0.25, -0.2) is 14.2 Å². The molecular formula is C10H7ClFN3O2. The van der Waals surface area contributed by atoms with E-state index in [4.69, 9.17) is 11.6 Å². The van der Waals surface area contributed by atoms with Crippen LogP contribution in [-0.2, 0) is 0 Å². The highest BCUT2D eigenvalue weighted by atomic mass is 35.5. The minimum Gasteiger partial charge on any atom is -0.304 e. The molecule has 0 radical (unpaired) electrons. The lowest BCUT2D eigenvalue weighted by atomic mass is 10.1. The molecule has 3 rings (SSSR count). The second kappa shape index (κ2) is 3.40. The summed E-state index contributed by atoms with van der Waals surface area (Å²) in [5.41, 5.74) is -1.09. The van der Waals surface area contributed by atoms with E-state index in [-0.39, 0.29) is 22.0 Å². The highest BCUT2D eigenvalue weighted by molar-refractivity contribution is 6.30. The average molecular weight is 256 g/mol. The second-order valence-electron chi connectivity index (χ2n) is 4.03. The number of rotatable bonds is 1. The molecule has 0 unspecified atom stereocenters. The molecule has 1 fully saturated rings. The van der Waals surface area contributed by atoms with Crippen LogP contribution < -0.4 is 11.2 Å². The lowest BCUT2D eigenvalue weighted by Gasteiger charge is -2.05. The largest absolute Gasteiger partial charge is 0.326 e. The number of nitrogens with zero attached hydrogens (tertiary/aromatic N) is 1. The molecule has 2 N–H and O–H groups in total. The summed E-state index contributed by atoms with van der Waals surface area (Å²) in [5.74, 6) is -0.739. The summed E-state index contributed by atoms with van der Waals surface area (Å²) in [6.45, 7) is 0. The van der Waals surface area contributed by atoms with Crippen LogP contribution in [0.15, 0.2) is 9.59 Å². The minimum atomic E-state index is -0.866. The van der Waals surface area contributed by atoms with Gasteiger partial charge in [-0.15, -0.1) is 0 Å². The molecule has 1 saturated carbocycles. The van der Waals surface area contributed by atoms with E-state index in [1.54, 1.807) is 0 Å². The summed E-state index contributed by atoms with van der Waals surface area (Å²) < 4.78 is 13.7. The first-order valence-electron chi connectivity index (χ1n) is 5.09. The van der Waals surface area contributed by atoms with Crippen LogP contribution in [0.4, 0.5) is 4.39 Å². The Bertz CT molecular complexity index is 733. The van der Waals surface area contributed by atoms with Gasteiger partial charge < -0.3 is 4.98 Å². The van der Waals surface area contributed by atoms with Gasteiger partial charge in [0, 0.05) is 5.92 Å². The molecule has 0 amide bonds. The van der Waals surface area contributed by atoms with Crippen molar-refractivity contribution in [1.29, 1.82) is 0 Å². The normalized spacial score (nSPS) is 15.4. The van der Waals surface area contributed by atoms with Crippen molar-refractivity contribution < 1.29 is 4.39 Å². The summed E-state index contributed by atoms with van der Waals surface area (Å²) in [6.07, 6.45) is 1.78. The van der Waals surface area contributed by atoms with Gasteiger partial charge in [0.05, 0.1) is 16.6 Å². The number of pyridine rings is 1. The van der Waals surface area contributed by atoms with Gasteiger partial charge in [0.25, 0.3) is 5.56 Å². The third kappa shape index (κ3) is 1.56. The molecular weight excluding hydrogens is 249 g/mol. The molecule has 2 aromatic rings. The summed E-state index contributed by atoms with van der Waals surface area (Å²) in [7, 11) is 0. The molecule has 7 heteroatoms. The van der Waals surface area contributed by atoms with Crippen LogP contribution in [0.1, 0.15) is 24.5 Å². The van der Waals surface area contributed by atoms with Gasteiger partial charge in [0.2, 0.25) is 0 Å². The van der Waals surface area contributed by atoms with E-state index in [1.165, 1.54) is 0 Å². The standard InChI is InChI=1S/C10H7ClFN3O2/c11-8-5(12)7-4(6(13-8)3-1-2-3)9(16)15-10(17)14-7/h3H,1-2H2,(H2,14,15,16,17). The van der Waals surface area contributed by atoms with Crippen LogP contribution in [0.3, 0.4) is 0 Å². The molecule has 2 aromatic heterocycles. The van der Waals surface area contributed by atoms with E-state index in [9.17, 15) is 14.0 Å². The fourth-order valence-corrected chi connectivity index (χ4v) is 2.05. The van der Waals surface area contributed by atoms with Gasteiger partial charge in [0.1, 0.15) is 0 Å². The maximum atomic E-state index is 13.7. The molecule has 5 nitrogen and oxygen atoms in total. The quantitative estimate of drug-likeness (QED) is 0.754. The topological polar surface area (TPSA) is 78.6 Å². The van der Waals surface area contributed by atoms with E-state index < -0.39 is 17.1 Å². The zero-order chi connectivity index (χ0) is 12.2. The first kappa shape index (κ1) is 10.5. The molecule has 0 bridgehead atoms. The van der Waals surface area contributed by atoms with Crippen molar-refractivity contribution in [3.63, 3.8) is 0 Å². The Balaban J connectivity index is 2.54. The Hall–Kier alpha value is -1.69. The Labute approximate surface area is 98.7 Å². The number of H-pyrrole nitrogens is 2. The van der Waals surface area contributed by atoms with Crippen molar-refractivity contribution >= 4 is 22.5 Å². The van der Waals surface area contributed by atoms with Gasteiger partial charge >= 0.3 is 5.69 Å². The molecule has 0 saturated heterocycles. The molecule has 0 aliphatic heterocycles. The fourth-order valence-electron chi connectivity index (χ4n) is 1.86. The number of halogens is 2. The highest BCUT2D eigenvalue weighted by Crippen LogP contribution is 2.41. The zero-order valence-electron chi connectivity index (χ0n) is 8.51. The van der Waals surface area contributed by atoms with Gasteiger partial charge in [-0.2, -0.15) is 0 Å². The fraction of sp³-hybridized carbons (Fsp3) is 0.300. The first-order chi connectivity index (χ1) is 8.08. The van der Waals surface area contributed by atoms with E-state index in [0.29, 0.717) is 5.69 Å². The van der Waals surface area contributed by atoms with Crippen LogP contribution >= 0.6 is 11.6 Å². The number of fused-ring (bicyclic) bond motifs is 1. The summed E-state index contributed by atoms with van der Waals surface area (Å²) in [6, 6.07) is 0. The average Bonchev–Trinajstić information content (AvgIpc) is 3.07.